The molecule has 3 N–H and O–H groups in total. The van der Waals surface area contributed by atoms with Crippen molar-refractivity contribution in [2.24, 2.45) is 40.2 Å². The third kappa shape index (κ3) is 2.75. The van der Waals surface area contributed by atoms with Crippen molar-refractivity contribution in [1.82, 2.24) is 0 Å². The van der Waals surface area contributed by atoms with Gasteiger partial charge in [0.15, 0.2) is 0 Å². The second kappa shape index (κ2) is 6.53. The molecule has 4 rings (SSSR count). The second-order valence-electron chi connectivity index (χ2n) is 9.87. The van der Waals surface area contributed by atoms with E-state index in [1.165, 1.54) is 44.9 Å². The van der Waals surface area contributed by atoms with Crippen LogP contribution in [0.3, 0.4) is 0 Å². The van der Waals surface area contributed by atoms with E-state index in [0.29, 0.717) is 11.3 Å². The van der Waals surface area contributed by atoms with Gasteiger partial charge in [-0.05, 0) is 98.8 Å². The highest BCUT2D eigenvalue weighted by Gasteiger charge is 2.58. The number of aliphatic hydroxyl groups is 1. The molecule has 0 amide bonds. The standard InChI is InChI=1S/C23H37NO/c1-22-12-10-16(5-3-4-14-24)15-17(22)6-7-18-19-8-9-21(25)23(19,2)13-11-20(18)22/h3,5,15-16,18-21,25H,4,6-14,24H2,1-2H3/t16-,18?,19?,20?,21-,22-,23-/m0/s1. The van der Waals surface area contributed by atoms with E-state index < -0.39 is 0 Å². The maximum atomic E-state index is 10.6. The topological polar surface area (TPSA) is 46.2 Å². The Bertz CT molecular complexity index is 566. The Balaban J connectivity index is 1.56. The third-order valence-electron chi connectivity index (χ3n) is 8.81. The zero-order valence-corrected chi connectivity index (χ0v) is 16.2. The number of hydrogen-bond acceptors (Lipinski definition) is 2. The Morgan fingerprint density at radius 1 is 1.12 bits per heavy atom. The Labute approximate surface area is 153 Å². The lowest BCUT2D eigenvalue weighted by Crippen LogP contribution is -2.51. The van der Waals surface area contributed by atoms with Crippen molar-refractivity contribution in [2.75, 3.05) is 6.54 Å². The van der Waals surface area contributed by atoms with Gasteiger partial charge in [-0.25, -0.2) is 0 Å². The van der Waals surface area contributed by atoms with Gasteiger partial charge in [-0.1, -0.05) is 37.6 Å². The first kappa shape index (κ1) is 17.8. The summed E-state index contributed by atoms with van der Waals surface area (Å²) in [5.41, 5.74) is 8.01. The van der Waals surface area contributed by atoms with Crippen LogP contribution in [0, 0.1) is 34.5 Å². The minimum Gasteiger partial charge on any atom is -0.393 e. The number of allylic oxidation sites excluding steroid dienone is 3. The van der Waals surface area contributed by atoms with Crippen LogP contribution in [0.4, 0.5) is 0 Å². The molecule has 0 aromatic heterocycles. The average molecular weight is 344 g/mol. The van der Waals surface area contributed by atoms with Gasteiger partial charge in [-0.2, -0.15) is 0 Å². The summed E-state index contributed by atoms with van der Waals surface area (Å²) >= 11 is 0. The molecular formula is C23H37NO. The lowest BCUT2D eigenvalue weighted by atomic mass is 9.47. The van der Waals surface area contributed by atoms with Crippen LogP contribution in [0.25, 0.3) is 0 Å². The molecule has 0 aromatic rings. The van der Waals surface area contributed by atoms with Crippen molar-refractivity contribution in [3.8, 4) is 0 Å². The van der Waals surface area contributed by atoms with E-state index in [9.17, 15) is 5.11 Å². The maximum absolute atomic E-state index is 10.6. The first-order valence-electron chi connectivity index (χ1n) is 10.7. The maximum Gasteiger partial charge on any atom is 0.0596 e. The van der Waals surface area contributed by atoms with Crippen molar-refractivity contribution in [2.45, 2.75) is 77.7 Å². The van der Waals surface area contributed by atoms with E-state index in [1.54, 1.807) is 5.57 Å². The van der Waals surface area contributed by atoms with Crippen LogP contribution in [0.1, 0.15) is 71.6 Å². The van der Waals surface area contributed by atoms with Gasteiger partial charge in [0.2, 0.25) is 0 Å². The zero-order chi connectivity index (χ0) is 17.7. The Hall–Kier alpha value is -0.600. The first-order valence-corrected chi connectivity index (χ1v) is 10.7. The van der Waals surface area contributed by atoms with E-state index in [0.717, 1.165) is 37.1 Å². The highest BCUT2D eigenvalue weighted by atomic mass is 16.3. The van der Waals surface area contributed by atoms with Crippen LogP contribution in [-0.4, -0.2) is 17.8 Å². The lowest BCUT2D eigenvalue weighted by molar-refractivity contribution is -0.0742. The van der Waals surface area contributed by atoms with Gasteiger partial charge in [0.1, 0.15) is 0 Å². The number of fused-ring (bicyclic) bond motifs is 5. The van der Waals surface area contributed by atoms with Gasteiger partial charge in [0.05, 0.1) is 6.10 Å². The van der Waals surface area contributed by atoms with E-state index >= 15 is 0 Å². The van der Waals surface area contributed by atoms with Crippen molar-refractivity contribution in [3.05, 3.63) is 23.8 Å². The predicted octanol–water partition coefficient (Wildman–Crippen LogP) is 4.83. The van der Waals surface area contributed by atoms with Gasteiger partial charge >= 0.3 is 0 Å². The molecule has 0 heterocycles. The first-order chi connectivity index (χ1) is 12.0. The van der Waals surface area contributed by atoms with Crippen molar-refractivity contribution < 1.29 is 5.11 Å². The molecule has 0 aromatic carbocycles. The summed E-state index contributed by atoms with van der Waals surface area (Å²) in [5.74, 6) is 3.10. The Kier molecular flexibility index (Phi) is 4.65. The molecule has 7 atom stereocenters. The normalized spacial score (nSPS) is 49.4. The molecule has 2 nitrogen and oxygen atoms in total. The quantitative estimate of drug-likeness (QED) is 0.721. The number of aliphatic hydroxyl groups excluding tert-OH is 1. The Morgan fingerprint density at radius 2 is 1.96 bits per heavy atom. The van der Waals surface area contributed by atoms with Gasteiger partial charge in [-0.3, -0.25) is 0 Å². The minimum atomic E-state index is -0.0494. The molecular weight excluding hydrogens is 306 g/mol. The molecule has 3 unspecified atom stereocenters. The van der Waals surface area contributed by atoms with Gasteiger partial charge in [0.25, 0.3) is 0 Å². The van der Waals surface area contributed by atoms with E-state index in [1.807, 2.05) is 0 Å². The number of nitrogens with two attached hydrogens (primary N) is 1. The second-order valence-corrected chi connectivity index (χ2v) is 9.87. The van der Waals surface area contributed by atoms with Crippen molar-refractivity contribution in [3.63, 3.8) is 0 Å². The average Bonchev–Trinajstić information content (AvgIpc) is 2.90. The van der Waals surface area contributed by atoms with E-state index in [4.69, 9.17) is 5.73 Å². The fourth-order valence-corrected chi connectivity index (χ4v) is 7.25. The largest absolute Gasteiger partial charge is 0.393 e. The zero-order valence-electron chi connectivity index (χ0n) is 16.2. The van der Waals surface area contributed by atoms with Crippen molar-refractivity contribution >= 4 is 0 Å². The summed E-state index contributed by atoms with van der Waals surface area (Å²) in [5, 5.41) is 10.6. The van der Waals surface area contributed by atoms with Crippen LogP contribution in [0.2, 0.25) is 0 Å². The smallest absolute Gasteiger partial charge is 0.0596 e. The summed E-state index contributed by atoms with van der Waals surface area (Å²) in [7, 11) is 0. The van der Waals surface area contributed by atoms with Gasteiger partial charge in [-0.15, -0.1) is 0 Å². The summed E-state index contributed by atoms with van der Waals surface area (Å²) in [6, 6.07) is 0. The minimum absolute atomic E-state index is 0.0494. The fraction of sp³-hybridized carbons (Fsp3) is 0.826. The summed E-state index contributed by atoms with van der Waals surface area (Å²) in [4.78, 5) is 0. The predicted molar refractivity (Wildman–Crippen MR) is 104 cm³/mol. The summed E-state index contributed by atoms with van der Waals surface area (Å²) in [6.45, 7) is 5.72. The van der Waals surface area contributed by atoms with E-state index in [2.05, 4.69) is 32.1 Å². The molecule has 3 fully saturated rings. The molecule has 0 bridgehead atoms. The molecule has 25 heavy (non-hydrogen) atoms. The van der Waals surface area contributed by atoms with E-state index in [-0.39, 0.29) is 11.5 Å². The molecule has 3 saturated carbocycles. The third-order valence-corrected chi connectivity index (χ3v) is 8.81. The van der Waals surface area contributed by atoms with Gasteiger partial charge < -0.3 is 10.8 Å². The molecule has 4 aliphatic carbocycles. The molecule has 0 aliphatic heterocycles. The molecule has 2 heteroatoms. The molecule has 0 radical (unpaired) electrons. The SMILES string of the molecule is C[C@]12CC[C@H](C=CCCN)C=C1CCC1C2CC[C@@]2(C)C1CC[C@@H]2O. The van der Waals surface area contributed by atoms with Crippen LogP contribution >= 0.6 is 0 Å². The van der Waals surface area contributed by atoms with Crippen LogP contribution < -0.4 is 5.73 Å². The number of hydrogen-bond donors (Lipinski definition) is 2. The molecule has 0 saturated heterocycles. The Morgan fingerprint density at radius 3 is 2.76 bits per heavy atom. The summed E-state index contributed by atoms with van der Waals surface area (Å²) in [6.07, 6.45) is 18.4. The molecule has 4 aliphatic rings. The van der Waals surface area contributed by atoms with Crippen molar-refractivity contribution in [1.29, 1.82) is 0 Å². The van der Waals surface area contributed by atoms with Gasteiger partial charge in [0, 0.05) is 0 Å². The molecule has 0 spiro atoms. The van der Waals surface area contributed by atoms with Crippen LogP contribution in [0.5, 0.6) is 0 Å². The highest BCUT2D eigenvalue weighted by molar-refractivity contribution is 5.26. The summed E-state index contributed by atoms with van der Waals surface area (Å²) < 4.78 is 0. The van der Waals surface area contributed by atoms with Crippen LogP contribution in [-0.2, 0) is 0 Å². The lowest BCUT2D eigenvalue weighted by Gasteiger charge is -2.58. The highest BCUT2D eigenvalue weighted by Crippen LogP contribution is 2.65. The van der Waals surface area contributed by atoms with Crippen LogP contribution in [0.15, 0.2) is 23.8 Å². The fourth-order valence-electron chi connectivity index (χ4n) is 7.25. The molecule has 140 valence electrons. The monoisotopic (exact) mass is 343 g/mol. The number of rotatable bonds is 3.